The average Bonchev–Trinajstić information content (AvgIpc) is 2.49. The van der Waals surface area contributed by atoms with Crippen LogP contribution in [0.4, 0.5) is 0 Å². The average molecular weight is 211 g/mol. The molecule has 0 bridgehead atoms. The highest BCUT2D eigenvalue weighted by atomic mass is 16.4. The summed E-state index contributed by atoms with van der Waals surface area (Å²) in [6.45, 7) is 3.41. The van der Waals surface area contributed by atoms with E-state index >= 15 is 0 Å². The SMILES string of the molecule is Cc1cc(C(=O)NC(C)CC(=O)O)n[nH]1. The Hall–Kier alpha value is -1.85. The van der Waals surface area contributed by atoms with Gasteiger partial charge in [0, 0.05) is 11.7 Å². The van der Waals surface area contributed by atoms with Gasteiger partial charge in [0.25, 0.3) is 5.91 Å². The zero-order valence-corrected chi connectivity index (χ0v) is 8.57. The summed E-state index contributed by atoms with van der Waals surface area (Å²) in [7, 11) is 0. The van der Waals surface area contributed by atoms with Gasteiger partial charge < -0.3 is 10.4 Å². The lowest BCUT2D eigenvalue weighted by atomic mass is 10.2. The number of nitrogens with zero attached hydrogens (tertiary/aromatic N) is 1. The van der Waals surface area contributed by atoms with E-state index in [9.17, 15) is 9.59 Å². The molecule has 0 aliphatic carbocycles. The summed E-state index contributed by atoms with van der Waals surface area (Å²) in [5.41, 5.74) is 1.05. The highest BCUT2D eigenvalue weighted by molar-refractivity contribution is 5.92. The number of aromatic amines is 1. The third-order valence-corrected chi connectivity index (χ3v) is 1.80. The maximum absolute atomic E-state index is 11.5. The Morgan fingerprint density at radius 3 is 2.80 bits per heavy atom. The Morgan fingerprint density at radius 2 is 2.33 bits per heavy atom. The molecule has 6 nitrogen and oxygen atoms in total. The van der Waals surface area contributed by atoms with Gasteiger partial charge in [0.15, 0.2) is 0 Å². The summed E-state index contributed by atoms with van der Waals surface area (Å²) in [5.74, 6) is -1.31. The fourth-order valence-corrected chi connectivity index (χ4v) is 1.15. The number of aliphatic carboxylic acids is 1. The predicted molar refractivity (Wildman–Crippen MR) is 52.5 cm³/mol. The first-order valence-corrected chi connectivity index (χ1v) is 4.53. The van der Waals surface area contributed by atoms with Crippen molar-refractivity contribution >= 4 is 11.9 Å². The van der Waals surface area contributed by atoms with Crippen LogP contribution in [0.25, 0.3) is 0 Å². The van der Waals surface area contributed by atoms with Crippen molar-refractivity contribution in [2.24, 2.45) is 0 Å². The van der Waals surface area contributed by atoms with Crippen LogP contribution in [0, 0.1) is 6.92 Å². The maximum Gasteiger partial charge on any atom is 0.305 e. The monoisotopic (exact) mass is 211 g/mol. The number of amides is 1. The van der Waals surface area contributed by atoms with Gasteiger partial charge in [-0.05, 0) is 19.9 Å². The zero-order valence-electron chi connectivity index (χ0n) is 8.57. The molecular formula is C9H13N3O3. The Balaban J connectivity index is 2.52. The van der Waals surface area contributed by atoms with Crippen LogP contribution < -0.4 is 5.32 Å². The van der Waals surface area contributed by atoms with Crippen LogP contribution in [0.15, 0.2) is 6.07 Å². The maximum atomic E-state index is 11.5. The lowest BCUT2D eigenvalue weighted by molar-refractivity contribution is -0.137. The summed E-state index contributed by atoms with van der Waals surface area (Å²) in [4.78, 5) is 21.8. The molecule has 1 aromatic rings. The van der Waals surface area contributed by atoms with Crippen molar-refractivity contribution in [1.29, 1.82) is 0 Å². The van der Waals surface area contributed by atoms with E-state index in [1.807, 2.05) is 0 Å². The fourth-order valence-electron chi connectivity index (χ4n) is 1.15. The molecule has 82 valence electrons. The minimum atomic E-state index is -0.944. The molecule has 1 aromatic heterocycles. The highest BCUT2D eigenvalue weighted by Crippen LogP contribution is 1.99. The summed E-state index contributed by atoms with van der Waals surface area (Å²) in [5, 5.41) is 17.4. The van der Waals surface area contributed by atoms with E-state index in [-0.39, 0.29) is 18.0 Å². The van der Waals surface area contributed by atoms with Crippen LogP contribution in [-0.2, 0) is 4.79 Å². The van der Waals surface area contributed by atoms with Gasteiger partial charge in [-0.1, -0.05) is 0 Å². The molecule has 3 N–H and O–H groups in total. The smallest absolute Gasteiger partial charge is 0.305 e. The van der Waals surface area contributed by atoms with Crippen molar-refractivity contribution in [2.75, 3.05) is 0 Å². The molecule has 6 heteroatoms. The van der Waals surface area contributed by atoms with Crippen molar-refractivity contribution in [3.8, 4) is 0 Å². The minimum absolute atomic E-state index is 0.102. The van der Waals surface area contributed by atoms with E-state index < -0.39 is 12.0 Å². The number of hydrogen-bond acceptors (Lipinski definition) is 3. The van der Waals surface area contributed by atoms with E-state index in [4.69, 9.17) is 5.11 Å². The summed E-state index contributed by atoms with van der Waals surface area (Å²) >= 11 is 0. The number of H-pyrrole nitrogens is 1. The molecule has 0 radical (unpaired) electrons. The van der Waals surface area contributed by atoms with Crippen molar-refractivity contribution in [3.05, 3.63) is 17.5 Å². The molecule has 1 rings (SSSR count). The number of carboxylic acids is 1. The molecule has 0 aliphatic heterocycles. The first-order valence-electron chi connectivity index (χ1n) is 4.53. The minimum Gasteiger partial charge on any atom is -0.481 e. The number of hydrogen-bond donors (Lipinski definition) is 3. The van der Waals surface area contributed by atoms with Gasteiger partial charge in [-0.2, -0.15) is 5.10 Å². The van der Waals surface area contributed by atoms with Gasteiger partial charge in [-0.3, -0.25) is 14.7 Å². The van der Waals surface area contributed by atoms with Crippen molar-refractivity contribution < 1.29 is 14.7 Å². The standard InChI is InChI=1S/C9H13N3O3/c1-5(4-8(13)14)10-9(15)7-3-6(2)11-12-7/h3,5H,4H2,1-2H3,(H,10,15)(H,11,12)(H,13,14). The summed E-state index contributed by atoms with van der Waals surface area (Å²) in [6, 6.07) is 1.19. The molecule has 1 atom stereocenters. The molecule has 0 spiro atoms. The fraction of sp³-hybridized carbons (Fsp3) is 0.444. The summed E-state index contributed by atoms with van der Waals surface area (Å²) in [6.07, 6.45) is -0.102. The van der Waals surface area contributed by atoms with Crippen molar-refractivity contribution in [3.63, 3.8) is 0 Å². The topological polar surface area (TPSA) is 95.1 Å². The summed E-state index contributed by atoms with van der Waals surface area (Å²) < 4.78 is 0. The van der Waals surface area contributed by atoms with Gasteiger partial charge in [0.2, 0.25) is 0 Å². The third-order valence-electron chi connectivity index (χ3n) is 1.80. The number of carboxylic acid groups (broad SMARTS) is 1. The second-order valence-electron chi connectivity index (χ2n) is 3.41. The zero-order chi connectivity index (χ0) is 11.4. The number of nitrogens with one attached hydrogen (secondary N) is 2. The van der Waals surface area contributed by atoms with Gasteiger partial charge >= 0.3 is 5.97 Å². The first-order chi connectivity index (χ1) is 6.99. The van der Waals surface area contributed by atoms with Crippen molar-refractivity contribution in [1.82, 2.24) is 15.5 Å². The van der Waals surface area contributed by atoms with Crippen LogP contribution in [-0.4, -0.2) is 33.2 Å². The van der Waals surface area contributed by atoms with Crippen LogP contribution in [0.5, 0.6) is 0 Å². The number of aromatic nitrogens is 2. The van der Waals surface area contributed by atoms with Crippen LogP contribution in [0.2, 0.25) is 0 Å². The molecule has 15 heavy (non-hydrogen) atoms. The van der Waals surface area contributed by atoms with E-state index in [1.165, 1.54) is 0 Å². The highest BCUT2D eigenvalue weighted by Gasteiger charge is 2.14. The van der Waals surface area contributed by atoms with E-state index in [0.29, 0.717) is 0 Å². The Kier molecular flexibility index (Phi) is 3.43. The van der Waals surface area contributed by atoms with Crippen LogP contribution in [0.3, 0.4) is 0 Å². The van der Waals surface area contributed by atoms with Gasteiger partial charge in [-0.15, -0.1) is 0 Å². The van der Waals surface area contributed by atoms with Crippen LogP contribution in [0.1, 0.15) is 29.5 Å². The van der Waals surface area contributed by atoms with E-state index in [0.717, 1.165) is 5.69 Å². The second kappa shape index (κ2) is 4.59. The lowest BCUT2D eigenvalue weighted by Gasteiger charge is -2.09. The molecule has 0 aliphatic rings. The van der Waals surface area contributed by atoms with Gasteiger partial charge in [-0.25, -0.2) is 0 Å². The Morgan fingerprint density at radius 1 is 1.67 bits per heavy atom. The molecule has 1 unspecified atom stereocenters. The van der Waals surface area contributed by atoms with Gasteiger partial charge in [0.05, 0.1) is 6.42 Å². The second-order valence-corrected chi connectivity index (χ2v) is 3.41. The largest absolute Gasteiger partial charge is 0.481 e. The number of carbonyl (C=O) groups is 2. The molecule has 1 amide bonds. The van der Waals surface area contributed by atoms with E-state index in [1.54, 1.807) is 19.9 Å². The van der Waals surface area contributed by atoms with Gasteiger partial charge in [0.1, 0.15) is 5.69 Å². The number of rotatable bonds is 4. The Labute approximate surface area is 86.7 Å². The number of aryl methyl sites for hydroxylation is 1. The van der Waals surface area contributed by atoms with Crippen LogP contribution >= 0.6 is 0 Å². The number of carbonyl (C=O) groups excluding carboxylic acids is 1. The third kappa shape index (κ3) is 3.41. The molecular weight excluding hydrogens is 198 g/mol. The van der Waals surface area contributed by atoms with Crippen molar-refractivity contribution in [2.45, 2.75) is 26.3 Å². The molecule has 0 fully saturated rings. The quantitative estimate of drug-likeness (QED) is 0.668. The molecule has 1 heterocycles. The molecule has 0 saturated carbocycles. The first kappa shape index (κ1) is 11.2. The van der Waals surface area contributed by atoms with E-state index in [2.05, 4.69) is 15.5 Å². The lowest BCUT2D eigenvalue weighted by Crippen LogP contribution is -2.34. The molecule has 0 saturated heterocycles. The predicted octanol–water partition coefficient (Wildman–Crippen LogP) is 0.311. The molecule has 0 aromatic carbocycles. The normalized spacial score (nSPS) is 12.1. The Bertz CT molecular complexity index is 372.